The van der Waals surface area contributed by atoms with E-state index in [2.05, 4.69) is 0 Å². The number of ether oxygens (including phenoxy) is 1. The number of hydrogen-bond donors (Lipinski definition) is 0. The van der Waals surface area contributed by atoms with Crippen LogP contribution in [0.5, 0.6) is 0 Å². The molecular weight excluding hydrogens is 276 g/mol. The van der Waals surface area contributed by atoms with Crippen molar-refractivity contribution >= 4 is 14.8 Å². The van der Waals surface area contributed by atoms with Crippen molar-refractivity contribution in [1.82, 2.24) is 0 Å². The van der Waals surface area contributed by atoms with Gasteiger partial charge in [-0.3, -0.25) is 4.79 Å². The molecule has 0 saturated heterocycles. The number of carbonyl (C=O) groups excluding carboxylic acids is 1. The Morgan fingerprint density at radius 3 is 1.75 bits per heavy atom. The van der Waals surface area contributed by atoms with Gasteiger partial charge in [0, 0.05) is 25.9 Å². The molecule has 0 saturated carbocycles. The Morgan fingerprint density at radius 1 is 0.950 bits per heavy atom. The lowest BCUT2D eigenvalue weighted by Gasteiger charge is -2.28. The monoisotopic (exact) mass is 306 g/mol. The Balaban J connectivity index is 4.29. The van der Waals surface area contributed by atoms with Crippen LogP contribution in [-0.4, -0.2) is 41.2 Å². The molecule has 0 bridgehead atoms. The minimum atomic E-state index is -2.60. The summed E-state index contributed by atoms with van der Waals surface area (Å²) in [4.78, 5) is 11.7. The maximum Gasteiger partial charge on any atom is 0.501 e. The van der Waals surface area contributed by atoms with Gasteiger partial charge in [-0.25, -0.2) is 0 Å². The zero-order valence-corrected chi connectivity index (χ0v) is 14.8. The van der Waals surface area contributed by atoms with E-state index in [1.54, 1.807) is 0 Å². The fraction of sp³-hybridized carbons (Fsp3) is 0.929. The molecule has 6 heteroatoms. The fourth-order valence-electron chi connectivity index (χ4n) is 1.67. The molecule has 0 aromatic heterocycles. The normalized spacial score (nSPS) is 12.5. The molecule has 0 unspecified atom stereocenters. The molecule has 0 aromatic carbocycles. The summed E-state index contributed by atoms with van der Waals surface area (Å²) >= 11 is 0. The van der Waals surface area contributed by atoms with Gasteiger partial charge in [-0.05, 0) is 48.0 Å². The summed E-state index contributed by atoms with van der Waals surface area (Å²) < 4.78 is 22.5. The molecule has 0 N–H and O–H groups in total. The van der Waals surface area contributed by atoms with Gasteiger partial charge >= 0.3 is 14.8 Å². The molecule has 0 heterocycles. The molecule has 0 aromatic rings. The Kier molecular flexibility index (Phi) is 9.29. The Morgan fingerprint density at radius 2 is 1.40 bits per heavy atom. The summed E-state index contributed by atoms with van der Waals surface area (Å²) in [6, 6.07) is 0.667. The average Bonchev–Trinajstić information content (AvgIpc) is 2.34. The number of carbonyl (C=O) groups is 1. The molecule has 0 atom stereocenters. The Labute approximate surface area is 124 Å². The van der Waals surface area contributed by atoms with Crippen molar-refractivity contribution in [2.45, 2.75) is 54.0 Å². The highest BCUT2D eigenvalue weighted by atomic mass is 28.4. The highest BCUT2D eigenvalue weighted by Crippen LogP contribution is 2.19. The third kappa shape index (κ3) is 7.38. The third-order valence-corrected chi connectivity index (χ3v) is 5.72. The van der Waals surface area contributed by atoms with Crippen molar-refractivity contribution in [2.75, 3.05) is 26.4 Å². The zero-order valence-electron chi connectivity index (χ0n) is 13.8. The first-order chi connectivity index (χ1) is 9.31. The Hall–Kier alpha value is -0.433. The predicted octanol–water partition coefficient (Wildman–Crippen LogP) is 3.01. The highest BCUT2D eigenvalue weighted by Gasteiger charge is 2.39. The molecule has 0 rings (SSSR count). The van der Waals surface area contributed by atoms with E-state index in [1.165, 1.54) is 0 Å². The molecule has 0 radical (unpaired) electrons. The molecule has 0 aliphatic carbocycles. The van der Waals surface area contributed by atoms with Gasteiger partial charge in [0.05, 0.1) is 12.0 Å². The van der Waals surface area contributed by atoms with Crippen molar-refractivity contribution in [3.8, 4) is 0 Å². The first-order valence-corrected chi connectivity index (χ1v) is 9.33. The van der Waals surface area contributed by atoms with Gasteiger partial charge in [-0.1, -0.05) is 0 Å². The van der Waals surface area contributed by atoms with Crippen molar-refractivity contribution in [1.29, 1.82) is 0 Å². The highest BCUT2D eigenvalue weighted by molar-refractivity contribution is 6.60. The van der Waals surface area contributed by atoms with Crippen LogP contribution in [-0.2, 0) is 22.8 Å². The lowest BCUT2D eigenvalue weighted by molar-refractivity contribution is -0.153. The molecule has 20 heavy (non-hydrogen) atoms. The number of rotatable bonds is 10. The number of esters is 1. The second kappa shape index (κ2) is 9.49. The van der Waals surface area contributed by atoms with E-state index < -0.39 is 14.2 Å². The van der Waals surface area contributed by atoms with Crippen molar-refractivity contribution in [3.05, 3.63) is 0 Å². The van der Waals surface area contributed by atoms with Crippen LogP contribution in [0.15, 0.2) is 0 Å². The van der Waals surface area contributed by atoms with E-state index >= 15 is 0 Å². The first kappa shape index (κ1) is 19.6. The van der Waals surface area contributed by atoms with E-state index in [1.807, 2.05) is 41.5 Å². The molecule has 5 nitrogen and oxygen atoms in total. The summed E-state index contributed by atoms with van der Waals surface area (Å²) in [6.45, 7) is 13.4. The van der Waals surface area contributed by atoms with Gasteiger partial charge in [-0.15, -0.1) is 0 Å². The zero-order chi connectivity index (χ0) is 15.6. The number of hydrogen-bond acceptors (Lipinski definition) is 5. The SMILES string of the molecule is CCO[Si](CCCOC(=O)C(C)(C)C)(OCC)OCC. The van der Waals surface area contributed by atoms with E-state index in [0.29, 0.717) is 38.9 Å². The minimum absolute atomic E-state index is 0.186. The summed E-state index contributed by atoms with van der Waals surface area (Å²) in [6.07, 6.45) is 0.689. The third-order valence-electron chi connectivity index (χ3n) is 2.57. The van der Waals surface area contributed by atoms with Crippen LogP contribution in [0.1, 0.15) is 48.0 Å². The molecule has 0 aliphatic heterocycles. The van der Waals surface area contributed by atoms with Gasteiger partial charge in [0.25, 0.3) is 0 Å². The summed E-state index contributed by atoms with van der Waals surface area (Å²) in [5, 5.41) is 0. The topological polar surface area (TPSA) is 54.0 Å². The Bertz CT molecular complexity index is 258. The van der Waals surface area contributed by atoms with E-state index in [9.17, 15) is 4.79 Å². The summed E-state index contributed by atoms with van der Waals surface area (Å²) in [5.41, 5.74) is -0.464. The van der Waals surface area contributed by atoms with E-state index in [4.69, 9.17) is 18.0 Å². The van der Waals surface area contributed by atoms with Crippen molar-refractivity contribution in [3.63, 3.8) is 0 Å². The maximum absolute atomic E-state index is 11.7. The van der Waals surface area contributed by atoms with Crippen molar-refractivity contribution in [2.24, 2.45) is 5.41 Å². The van der Waals surface area contributed by atoms with Crippen LogP contribution >= 0.6 is 0 Å². The van der Waals surface area contributed by atoms with E-state index in [0.717, 1.165) is 0 Å². The molecule has 0 amide bonds. The van der Waals surface area contributed by atoms with Crippen LogP contribution in [0, 0.1) is 5.41 Å². The maximum atomic E-state index is 11.7. The summed E-state index contributed by atoms with van der Waals surface area (Å²) in [7, 11) is -2.60. The van der Waals surface area contributed by atoms with Crippen molar-refractivity contribution < 1.29 is 22.8 Å². The first-order valence-electron chi connectivity index (χ1n) is 7.40. The smallest absolute Gasteiger partial charge is 0.465 e. The molecule has 0 fully saturated rings. The van der Waals surface area contributed by atoms with Crippen LogP contribution < -0.4 is 0 Å². The van der Waals surface area contributed by atoms with Gasteiger partial charge in [0.1, 0.15) is 0 Å². The van der Waals surface area contributed by atoms with Gasteiger partial charge in [0.2, 0.25) is 0 Å². The van der Waals surface area contributed by atoms with E-state index in [-0.39, 0.29) is 5.97 Å². The standard InChI is InChI=1S/C14H30O5Si/c1-7-17-20(18-8-2,19-9-3)12-10-11-16-13(15)14(4,5)6/h7-12H2,1-6H3. The fourth-order valence-corrected chi connectivity index (χ4v) is 4.25. The van der Waals surface area contributed by atoms with Gasteiger partial charge in [-0.2, -0.15) is 0 Å². The lowest BCUT2D eigenvalue weighted by atomic mass is 9.97. The van der Waals surface area contributed by atoms with Gasteiger partial charge in [0.15, 0.2) is 0 Å². The predicted molar refractivity (Wildman–Crippen MR) is 80.5 cm³/mol. The quantitative estimate of drug-likeness (QED) is 0.353. The average molecular weight is 306 g/mol. The van der Waals surface area contributed by atoms with Crippen LogP contribution in [0.4, 0.5) is 0 Å². The minimum Gasteiger partial charge on any atom is -0.465 e. The van der Waals surface area contributed by atoms with Crippen LogP contribution in [0.25, 0.3) is 0 Å². The van der Waals surface area contributed by atoms with Crippen LogP contribution in [0.3, 0.4) is 0 Å². The van der Waals surface area contributed by atoms with Gasteiger partial charge < -0.3 is 18.0 Å². The molecular formula is C14H30O5Si. The second-order valence-electron chi connectivity index (χ2n) is 5.47. The second-order valence-corrected chi connectivity index (χ2v) is 8.20. The lowest BCUT2D eigenvalue weighted by Crippen LogP contribution is -2.46. The summed E-state index contributed by atoms with van der Waals surface area (Å²) in [5.74, 6) is -0.186. The molecule has 120 valence electrons. The van der Waals surface area contributed by atoms with Crippen LogP contribution in [0.2, 0.25) is 6.04 Å². The molecule has 0 spiro atoms. The molecule has 0 aliphatic rings. The largest absolute Gasteiger partial charge is 0.501 e.